The van der Waals surface area contributed by atoms with Crippen molar-refractivity contribution in [2.45, 2.75) is 38.6 Å². The van der Waals surface area contributed by atoms with Gasteiger partial charge in [0.05, 0.1) is 17.2 Å². The lowest BCUT2D eigenvalue weighted by Gasteiger charge is -2.19. The fraction of sp³-hybridized carbons (Fsp3) is 0.769. The molecule has 114 valence electrons. The van der Waals surface area contributed by atoms with Gasteiger partial charge in [-0.1, -0.05) is 6.92 Å². The highest BCUT2D eigenvalue weighted by Gasteiger charge is 2.29. The van der Waals surface area contributed by atoms with E-state index in [0.717, 1.165) is 37.1 Å². The normalized spacial score (nSPS) is 23.1. The van der Waals surface area contributed by atoms with Crippen molar-refractivity contribution in [3.05, 3.63) is 17.5 Å². The van der Waals surface area contributed by atoms with Gasteiger partial charge in [0.1, 0.15) is 0 Å². The van der Waals surface area contributed by atoms with Crippen LogP contribution in [-0.2, 0) is 29.7 Å². The third-order valence-corrected chi connectivity index (χ3v) is 5.86. The topological polar surface area (TPSA) is 90.0 Å². The minimum atomic E-state index is -2.82. The lowest BCUT2D eigenvalue weighted by atomic mass is 9.96. The molecule has 1 aliphatic rings. The number of rotatable bonds is 6. The van der Waals surface area contributed by atoms with Gasteiger partial charge in [-0.25, -0.2) is 8.42 Å². The molecule has 0 spiro atoms. The Morgan fingerprint density at radius 3 is 2.85 bits per heavy atom. The van der Waals surface area contributed by atoms with Gasteiger partial charge in [-0.2, -0.15) is 5.10 Å². The Hall–Kier alpha value is -0.920. The van der Waals surface area contributed by atoms with Gasteiger partial charge >= 0.3 is 0 Å². The summed E-state index contributed by atoms with van der Waals surface area (Å²) in [5.74, 6) is 6.47. The summed E-state index contributed by atoms with van der Waals surface area (Å²) in [6.07, 6.45) is 3.24. The van der Waals surface area contributed by atoms with E-state index in [1.54, 1.807) is 0 Å². The van der Waals surface area contributed by atoms with E-state index in [9.17, 15) is 8.42 Å². The van der Waals surface area contributed by atoms with E-state index in [1.807, 2.05) is 11.7 Å². The van der Waals surface area contributed by atoms with Gasteiger partial charge in [0.25, 0.3) is 0 Å². The molecule has 1 saturated heterocycles. The minimum Gasteiger partial charge on any atom is -0.272 e. The summed E-state index contributed by atoms with van der Waals surface area (Å²) in [6.45, 7) is 2.08. The molecule has 0 bridgehead atoms. The van der Waals surface area contributed by atoms with Crippen LogP contribution in [0.4, 0.5) is 0 Å². The molecule has 1 fully saturated rings. The molecule has 1 aliphatic heterocycles. The summed E-state index contributed by atoms with van der Waals surface area (Å²) in [7, 11) is -0.884. The molecule has 2 heterocycles. The predicted octanol–water partition coefficient (Wildman–Crippen LogP) is 0.182. The van der Waals surface area contributed by atoms with E-state index in [4.69, 9.17) is 5.84 Å². The van der Waals surface area contributed by atoms with Crippen LogP contribution in [0.25, 0.3) is 0 Å². The highest BCUT2D eigenvalue weighted by Crippen LogP contribution is 2.24. The second-order valence-corrected chi connectivity index (χ2v) is 7.91. The van der Waals surface area contributed by atoms with Crippen LogP contribution in [0, 0.1) is 5.92 Å². The third kappa shape index (κ3) is 3.80. The van der Waals surface area contributed by atoms with Crippen molar-refractivity contribution in [2.75, 3.05) is 11.5 Å². The van der Waals surface area contributed by atoms with Crippen LogP contribution in [0.15, 0.2) is 6.07 Å². The minimum absolute atomic E-state index is 0.0911. The number of hydrogen-bond acceptors (Lipinski definition) is 5. The van der Waals surface area contributed by atoms with E-state index >= 15 is 0 Å². The molecule has 2 rings (SSSR count). The van der Waals surface area contributed by atoms with Gasteiger partial charge in [0, 0.05) is 25.2 Å². The van der Waals surface area contributed by atoms with Gasteiger partial charge in [-0.15, -0.1) is 0 Å². The van der Waals surface area contributed by atoms with Crippen LogP contribution in [-0.4, -0.2) is 35.7 Å². The first-order valence-corrected chi connectivity index (χ1v) is 8.94. The van der Waals surface area contributed by atoms with Crippen molar-refractivity contribution in [1.82, 2.24) is 15.2 Å². The number of aromatic nitrogens is 2. The quantitative estimate of drug-likeness (QED) is 0.578. The zero-order valence-electron chi connectivity index (χ0n) is 12.2. The first-order valence-electron chi connectivity index (χ1n) is 7.12. The largest absolute Gasteiger partial charge is 0.272 e. The third-order valence-electron chi connectivity index (χ3n) is 4.03. The summed E-state index contributed by atoms with van der Waals surface area (Å²) in [4.78, 5) is 0. The van der Waals surface area contributed by atoms with Gasteiger partial charge in [-0.05, 0) is 31.2 Å². The first-order chi connectivity index (χ1) is 9.43. The number of aryl methyl sites for hydroxylation is 2. The molecule has 0 aliphatic carbocycles. The number of hydrazine groups is 1. The molecule has 7 heteroatoms. The summed E-state index contributed by atoms with van der Waals surface area (Å²) in [5.41, 5.74) is 5.02. The van der Waals surface area contributed by atoms with Crippen molar-refractivity contribution in [3.63, 3.8) is 0 Å². The number of hydrogen-bond donors (Lipinski definition) is 2. The summed E-state index contributed by atoms with van der Waals surface area (Å²) in [5, 5.41) is 4.42. The van der Waals surface area contributed by atoms with Crippen molar-refractivity contribution in [3.8, 4) is 0 Å². The molecule has 2 unspecified atom stereocenters. The Morgan fingerprint density at radius 2 is 2.35 bits per heavy atom. The first kappa shape index (κ1) is 15.5. The molecule has 0 radical (unpaired) electrons. The van der Waals surface area contributed by atoms with Gasteiger partial charge in [0.15, 0.2) is 9.84 Å². The molecule has 1 aromatic heterocycles. The Bertz CT molecular complexity index is 553. The van der Waals surface area contributed by atoms with Crippen molar-refractivity contribution >= 4 is 9.84 Å². The van der Waals surface area contributed by atoms with E-state index in [2.05, 4.69) is 23.5 Å². The summed E-state index contributed by atoms with van der Waals surface area (Å²) in [6, 6.07) is 2.18. The Morgan fingerprint density at radius 1 is 1.60 bits per heavy atom. The molecular weight excluding hydrogens is 276 g/mol. The number of nitrogens with two attached hydrogens (primary N) is 1. The summed E-state index contributed by atoms with van der Waals surface area (Å²) < 4.78 is 24.9. The Labute approximate surface area is 120 Å². The van der Waals surface area contributed by atoms with Crippen LogP contribution < -0.4 is 11.3 Å². The maximum Gasteiger partial charge on any atom is 0.150 e. The van der Waals surface area contributed by atoms with E-state index in [1.165, 1.54) is 0 Å². The van der Waals surface area contributed by atoms with Crippen LogP contribution in [0.5, 0.6) is 0 Å². The monoisotopic (exact) mass is 300 g/mol. The van der Waals surface area contributed by atoms with Crippen molar-refractivity contribution < 1.29 is 8.42 Å². The number of nitrogens with zero attached hydrogens (tertiary/aromatic N) is 2. The van der Waals surface area contributed by atoms with E-state index in [-0.39, 0.29) is 12.0 Å². The molecule has 1 aromatic rings. The molecular formula is C13H24N4O2S. The second-order valence-electron chi connectivity index (χ2n) is 5.68. The number of sulfone groups is 1. The maximum atomic E-state index is 11.5. The molecule has 20 heavy (non-hydrogen) atoms. The molecule has 2 atom stereocenters. The fourth-order valence-corrected chi connectivity index (χ4v) is 4.74. The smallest absolute Gasteiger partial charge is 0.150 e. The van der Waals surface area contributed by atoms with Crippen LogP contribution in [0.1, 0.15) is 31.2 Å². The standard InChI is InChI=1S/C13H24N4O2S/c1-3-11-7-13(17(2)16-11)8-12(15-14)6-10-4-5-20(18,19)9-10/h7,10,12,15H,3-6,8-9,14H2,1-2H3. The highest BCUT2D eigenvalue weighted by molar-refractivity contribution is 7.91. The van der Waals surface area contributed by atoms with Crippen LogP contribution >= 0.6 is 0 Å². The van der Waals surface area contributed by atoms with Crippen molar-refractivity contribution in [1.29, 1.82) is 0 Å². The van der Waals surface area contributed by atoms with Crippen molar-refractivity contribution in [2.24, 2.45) is 18.8 Å². The fourth-order valence-electron chi connectivity index (χ4n) is 2.86. The lowest BCUT2D eigenvalue weighted by molar-refractivity contribution is 0.402. The second kappa shape index (κ2) is 6.24. The SMILES string of the molecule is CCc1cc(CC(CC2CCS(=O)(=O)C2)NN)n(C)n1. The molecule has 3 N–H and O–H groups in total. The van der Waals surface area contributed by atoms with Crippen LogP contribution in [0.3, 0.4) is 0 Å². The molecule has 0 aromatic carbocycles. The molecule has 0 saturated carbocycles. The average molecular weight is 300 g/mol. The lowest BCUT2D eigenvalue weighted by Crippen LogP contribution is -2.38. The van der Waals surface area contributed by atoms with Gasteiger partial charge in [0.2, 0.25) is 0 Å². The van der Waals surface area contributed by atoms with Gasteiger partial charge < -0.3 is 0 Å². The van der Waals surface area contributed by atoms with Crippen LogP contribution in [0.2, 0.25) is 0 Å². The maximum absolute atomic E-state index is 11.5. The van der Waals surface area contributed by atoms with E-state index in [0.29, 0.717) is 11.5 Å². The zero-order valence-corrected chi connectivity index (χ0v) is 13.0. The highest BCUT2D eigenvalue weighted by atomic mass is 32.2. The molecule has 6 nitrogen and oxygen atoms in total. The molecule has 0 amide bonds. The van der Waals surface area contributed by atoms with E-state index < -0.39 is 9.84 Å². The average Bonchev–Trinajstić information content (AvgIpc) is 2.92. The van der Waals surface area contributed by atoms with Gasteiger partial charge in [-0.3, -0.25) is 16.0 Å². The predicted molar refractivity (Wildman–Crippen MR) is 78.8 cm³/mol. The Balaban J connectivity index is 1.97. The zero-order chi connectivity index (χ0) is 14.8. The summed E-state index contributed by atoms with van der Waals surface area (Å²) >= 11 is 0. The number of nitrogens with one attached hydrogen (secondary N) is 1. The Kier molecular flexibility index (Phi) is 4.82.